The van der Waals surface area contributed by atoms with Crippen LogP contribution in [0.1, 0.15) is 18.4 Å². The van der Waals surface area contributed by atoms with E-state index in [2.05, 4.69) is 20.9 Å². The predicted octanol–water partition coefficient (Wildman–Crippen LogP) is 1.84. The smallest absolute Gasteiger partial charge is 0.227 e. The Balaban J connectivity index is 1.57. The minimum atomic E-state index is -0.268. The molecule has 126 valence electrons. The number of aliphatic hydroxyl groups excluding tert-OH is 1. The van der Waals surface area contributed by atoms with Crippen LogP contribution in [-0.2, 0) is 6.54 Å². The summed E-state index contributed by atoms with van der Waals surface area (Å²) in [5.41, 5.74) is 1.15. The van der Waals surface area contributed by atoms with Gasteiger partial charge in [0.25, 0.3) is 0 Å². The molecule has 1 aromatic carbocycles. The van der Waals surface area contributed by atoms with Crippen LogP contribution in [0.5, 0.6) is 5.75 Å². The third-order valence-corrected chi connectivity index (χ3v) is 4.58. The van der Waals surface area contributed by atoms with Gasteiger partial charge < -0.3 is 19.6 Å². The molecule has 0 saturated carbocycles. The summed E-state index contributed by atoms with van der Waals surface area (Å²) >= 11 is 0. The number of nitrogens with zero attached hydrogens (tertiary/aromatic N) is 4. The van der Waals surface area contributed by atoms with E-state index in [4.69, 9.17) is 9.72 Å². The van der Waals surface area contributed by atoms with Crippen molar-refractivity contribution >= 4 is 11.8 Å². The second-order valence-electron chi connectivity index (χ2n) is 6.33. The first-order valence-corrected chi connectivity index (χ1v) is 8.51. The molecule has 1 fully saturated rings. The Morgan fingerprint density at radius 2 is 2.04 bits per heavy atom. The first kappa shape index (κ1) is 15.2. The number of aliphatic hydroxyl groups is 1. The highest BCUT2D eigenvalue weighted by Gasteiger charge is 2.21. The summed E-state index contributed by atoms with van der Waals surface area (Å²) in [5, 5.41) is 9.89. The first-order chi connectivity index (χ1) is 11.8. The van der Waals surface area contributed by atoms with Gasteiger partial charge in [-0.05, 0) is 25.0 Å². The average molecular weight is 326 g/mol. The normalized spacial score (nSPS) is 21.0. The molecule has 4 rings (SSSR count). The topological polar surface area (TPSA) is 61.7 Å². The second-order valence-corrected chi connectivity index (χ2v) is 6.33. The van der Waals surface area contributed by atoms with E-state index in [9.17, 15) is 5.11 Å². The molecule has 0 bridgehead atoms. The lowest BCUT2D eigenvalue weighted by Gasteiger charge is -2.31. The largest absolute Gasteiger partial charge is 0.491 e. The highest BCUT2D eigenvalue weighted by molar-refractivity contribution is 5.46. The zero-order valence-electron chi connectivity index (χ0n) is 13.6. The van der Waals surface area contributed by atoms with Gasteiger partial charge in [0.1, 0.15) is 18.2 Å². The molecule has 6 heteroatoms. The molecule has 1 aromatic heterocycles. The average Bonchev–Trinajstić information content (AvgIpc) is 2.84. The summed E-state index contributed by atoms with van der Waals surface area (Å²) < 4.78 is 5.82. The van der Waals surface area contributed by atoms with E-state index >= 15 is 0 Å². The number of β-amino-alcohol motifs (C(OH)–C–C–N with tert-alkyl or cyclic N) is 1. The van der Waals surface area contributed by atoms with Gasteiger partial charge in [-0.15, -0.1) is 0 Å². The molecular formula is C18H22N4O2. The molecule has 1 saturated heterocycles. The van der Waals surface area contributed by atoms with Gasteiger partial charge in [0, 0.05) is 31.4 Å². The zero-order valence-corrected chi connectivity index (χ0v) is 13.6. The first-order valence-electron chi connectivity index (χ1n) is 8.51. The standard InChI is InChI=1S/C18H22N4O2/c23-15-5-3-9-21(13-15)17-7-8-19-18(20-17)22-10-11-24-16-6-2-1-4-14(16)12-22/h1-2,4,6-8,15,23H,3,5,9-13H2. The second kappa shape index (κ2) is 6.65. The van der Waals surface area contributed by atoms with Crippen molar-refractivity contribution in [3.63, 3.8) is 0 Å². The van der Waals surface area contributed by atoms with Crippen molar-refractivity contribution in [3.8, 4) is 5.75 Å². The molecule has 1 unspecified atom stereocenters. The lowest BCUT2D eigenvalue weighted by atomic mass is 10.1. The van der Waals surface area contributed by atoms with Gasteiger partial charge in [-0.25, -0.2) is 4.98 Å². The third-order valence-electron chi connectivity index (χ3n) is 4.58. The van der Waals surface area contributed by atoms with Crippen molar-refractivity contribution in [1.29, 1.82) is 0 Å². The molecule has 1 atom stereocenters. The van der Waals surface area contributed by atoms with Crippen molar-refractivity contribution in [1.82, 2.24) is 9.97 Å². The van der Waals surface area contributed by atoms with E-state index < -0.39 is 0 Å². The monoisotopic (exact) mass is 326 g/mol. The maximum atomic E-state index is 9.89. The maximum Gasteiger partial charge on any atom is 0.227 e. The number of ether oxygens (including phenoxy) is 1. The van der Waals surface area contributed by atoms with Gasteiger partial charge in [0.15, 0.2) is 0 Å². The Morgan fingerprint density at radius 3 is 2.96 bits per heavy atom. The Labute approximate surface area is 141 Å². The Morgan fingerprint density at radius 1 is 1.12 bits per heavy atom. The summed E-state index contributed by atoms with van der Waals surface area (Å²) in [6.45, 7) is 3.68. The molecule has 0 amide bonds. The number of benzene rings is 1. The van der Waals surface area contributed by atoms with Crippen LogP contribution in [0.2, 0.25) is 0 Å². The Kier molecular flexibility index (Phi) is 4.21. The number of aromatic nitrogens is 2. The summed E-state index contributed by atoms with van der Waals surface area (Å²) in [7, 11) is 0. The van der Waals surface area contributed by atoms with Crippen molar-refractivity contribution < 1.29 is 9.84 Å². The lowest BCUT2D eigenvalue weighted by Crippen LogP contribution is -2.39. The molecule has 2 aliphatic rings. The van der Waals surface area contributed by atoms with Crippen LogP contribution in [0.4, 0.5) is 11.8 Å². The Bertz CT molecular complexity index is 709. The van der Waals surface area contributed by atoms with Crippen LogP contribution in [0.3, 0.4) is 0 Å². The fourth-order valence-electron chi connectivity index (χ4n) is 3.33. The third kappa shape index (κ3) is 3.14. The number of rotatable bonds is 2. The molecule has 2 aliphatic heterocycles. The highest BCUT2D eigenvalue weighted by Crippen LogP contribution is 2.25. The number of fused-ring (bicyclic) bond motifs is 1. The molecule has 1 N–H and O–H groups in total. The van der Waals surface area contributed by atoms with Gasteiger partial charge >= 0.3 is 0 Å². The maximum absolute atomic E-state index is 9.89. The van der Waals surface area contributed by atoms with Crippen molar-refractivity contribution in [2.45, 2.75) is 25.5 Å². The van der Waals surface area contributed by atoms with E-state index in [0.717, 1.165) is 49.6 Å². The van der Waals surface area contributed by atoms with E-state index in [1.165, 1.54) is 0 Å². The summed E-state index contributed by atoms with van der Waals surface area (Å²) in [4.78, 5) is 13.5. The molecule has 0 spiro atoms. The predicted molar refractivity (Wildman–Crippen MR) is 92.5 cm³/mol. The van der Waals surface area contributed by atoms with E-state index in [0.29, 0.717) is 19.1 Å². The molecule has 0 aliphatic carbocycles. The fraction of sp³-hybridized carbons (Fsp3) is 0.444. The van der Waals surface area contributed by atoms with Crippen LogP contribution in [0.25, 0.3) is 0 Å². The van der Waals surface area contributed by atoms with Gasteiger partial charge in [-0.2, -0.15) is 4.98 Å². The zero-order chi connectivity index (χ0) is 16.4. The number of piperidine rings is 1. The highest BCUT2D eigenvalue weighted by atomic mass is 16.5. The number of hydrogen-bond acceptors (Lipinski definition) is 6. The van der Waals surface area contributed by atoms with Gasteiger partial charge in [0.2, 0.25) is 5.95 Å². The quantitative estimate of drug-likeness (QED) is 0.909. The number of anilines is 2. The summed E-state index contributed by atoms with van der Waals surface area (Å²) in [6, 6.07) is 10.0. The van der Waals surface area contributed by atoms with Crippen LogP contribution >= 0.6 is 0 Å². The van der Waals surface area contributed by atoms with E-state index in [-0.39, 0.29) is 6.10 Å². The molecule has 6 nitrogen and oxygen atoms in total. The summed E-state index contributed by atoms with van der Waals surface area (Å²) in [5.74, 6) is 2.54. The van der Waals surface area contributed by atoms with Crippen LogP contribution in [-0.4, -0.2) is 47.4 Å². The number of hydrogen-bond donors (Lipinski definition) is 1. The van der Waals surface area contributed by atoms with E-state index in [1.54, 1.807) is 6.20 Å². The molecule has 2 aromatic rings. The summed E-state index contributed by atoms with van der Waals surface area (Å²) in [6.07, 6.45) is 3.40. The van der Waals surface area contributed by atoms with Crippen LogP contribution in [0, 0.1) is 0 Å². The van der Waals surface area contributed by atoms with Crippen LogP contribution in [0.15, 0.2) is 36.5 Å². The fourth-order valence-corrected chi connectivity index (χ4v) is 3.33. The minimum Gasteiger partial charge on any atom is -0.491 e. The van der Waals surface area contributed by atoms with Gasteiger partial charge in [-0.3, -0.25) is 0 Å². The lowest BCUT2D eigenvalue weighted by molar-refractivity contribution is 0.154. The van der Waals surface area contributed by atoms with E-state index in [1.807, 2.05) is 24.3 Å². The van der Waals surface area contributed by atoms with Gasteiger partial charge in [-0.1, -0.05) is 18.2 Å². The van der Waals surface area contributed by atoms with Crippen molar-refractivity contribution in [3.05, 3.63) is 42.1 Å². The van der Waals surface area contributed by atoms with Crippen molar-refractivity contribution in [2.24, 2.45) is 0 Å². The molecule has 3 heterocycles. The van der Waals surface area contributed by atoms with Gasteiger partial charge in [0.05, 0.1) is 12.6 Å². The minimum absolute atomic E-state index is 0.268. The van der Waals surface area contributed by atoms with Crippen LogP contribution < -0.4 is 14.5 Å². The van der Waals surface area contributed by atoms with Crippen molar-refractivity contribution in [2.75, 3.05) is 36.0 Å². The molecule has 24 heavy (non-hydrogen) atoms. The number of para-hydroxylation sites is 1. The molecule has 0 radical (unpaired) electrons. The molecular weight excluding hydrogens is 304 g/mol. The Hall–Kier alpha value is -2.34. The SMILES string of the molecule is OC1CCCN(c2ccnc(N3CCOc4ccccc4C3)n2)C1.